The Kier molecular flexibility index (Phi) is 3.47. The summed E-state index contributed by atoms with van der Waals surface area (Å²) in [5.74, 6) is 6.84. The molecular weight excluding hydrogens is 248 g/mol. The van der Waals surface area contributed by atoms with E-state index in [0.717, 1.165) is 24.3 Å². The molecule has 3 N–H and O–H groups in total. The van der Waals surface area contributed by atoms with E-state index in [9.17, 15) is 0 Å². The molecule has 0 saturated carbocycles. The van der Waals surface area contributed by atoms with Crippen molar-refractivity contribution in [2.75, 3.05) is 6.61 Å². The lowest BCUT2D eigenvalue weighted by Gasteiger charge is -2.21. The highest BCUT2D eigenvalue weighted by Crippen LogP contribution is 2.36. The third-order valence-corrected chi connectivity index (χ3v) is 3.97. The van der Waals surface area contributed by atoms with Gasteiger partial charge in [-0.3, -0.25) is 5.84 Å². The fourth-order valence-corrected chi connectivity index (χ4v) is 2.89. The minimum Gasteiger partial charge on any atom is -0.493 e. The van der Waals surface area contributed by atoms with Crippen molar-refractivity contribution in [3.8, 4) is 5.75 Å². The molecule has 0 radical (unpaired) electrons. The molecule has 3 nitrogen and oxygen atoms in total. The molecule has 1 aliphatic heterocycles. The Balaban J connectivity index is 2.11. The molecule has 1 aliphatic rings. The number of hydrogen-bond acceptors (Lipinski definition) is 3. The molecule has 3 rings (SSSR count). The molecule has 1 unspecified atom stereocenters. The van der Waals surface area contributed by atoms with Crippen LogP contribution >= 0.6 is 0 Å². The zero-order valence-corrected chi connectivity index (χ0v) is 11.9. The van der Waals surface area contributed by atoms with Crippen molar-refractivity contribution in [1.82, 2.24) is 5.43 Å². The van der Waals surface area contributed by atoms with Gasteiger partial charge in [-0.2, -0.15) is 0 Å². The van der Waals surface area contributed by atoms with E-state index in [0.29, 0.717) is 0 Å². The van der Waals surface area contributed by atoms with Gasteiger partial charge in [-0.25, -0.2) is 5.43 Å². The smallest absolute Gasteiger partial charge is 0.127 e. The second kappa shape index (κ2) is 5.27. The number of fused-ring (bicyclic) bond motifs is 1. The van der Waals surface area contributed by atoms with Gasteiger partial charge in [0.2, 0.25) is 0 Å². The van der Waals surface area contributed by atoms with Crippen molar-refractivity contribution in [2.45, 2.75) is 26.3 Å². The number of hydrazine groups is 1. The Hall–Kier alpha value is -1.84. The van der Waals surface area contributed by atoms with E-state index in [1.54, 1.807) is 0 Å². The molecule has 0 spiro atoms. The van der Waals surface area contributed by atoms with Gasteiger partial charge in [-0.05, 0) is 30.5 Å². The minimum absolute atomic E-state index is 0.0389. The topological polar surface area (TPSA) is 47.3 Å². The molecule has 2 aromatic rings. The van der Waals surface area contributed by atoms with Gasteiger partial charge in [-0.1, -0.05) is 42.0 Å². The Morgan fingerprint density at radius 3 is 2.80 bits per heavy atom. The number of rotatable bonds is 3. The Morgan fingerprint density at radius 1 is 1.15 bits per heavy atom. The normalized spacial score (nSPS) is 14.8. The van der Waals surface area contributed by atoms with Crippen LogP contribution in [-0.4, -0.2) is 6.61 Å². The summed E-state index contributed by atoms with van der Waals surface area (Å²) in [7, 11) is 0. The molecule has 3 heteroatoms. The molecule has 0 bridgehead atoms. The lowest BCUT2D eigenvalue weighted by Crippen LogP contribution is -2.29. The third-order valence-electron chi connectivity index (χ3n) is 3.97. The van der Waals surface area contributed by atoms with Gasteiger partial charge < -0.3 is 4.74 Å². The van der Waals surface area contributed by atoms with Crippen LogP contribution in [0.25, 0.3) is 0 Å². The maximum absolute atomic E-state index is 5.84. The maximum Gasteiger partial charge on any atom is 0.127 e. The molecule has 0 aromatic heterocycles. The maximum atomic E-state index is 5.84. The van der Waals surface area contributed by atoms with E-state index in [2.05, 4.69) is 55.7 Å². The van der Waals surface area contributed by atoms with E-state index in [-0.39, 0.29) is 6.04 Å². The second-order valence-corrected chi connectivity index (χ2v) is 5.39. The highest BCUT2D eigenvalue weighted by molar-refractivity contribution is 5.50. The van der Waals surface area contributed by atoms with Crippen molar-refractivity contribution in [1.29, 1.82) is 0 Å². The monoisotopic (exact) mass is 268 g/mol. The standard InChI is InChI=1S/C17H20N2O/c1-11-6-7-12(2)15(10-11)16(19-18)14-5-3-4-13-8-9-20-17(13)14/h3-7,10,16,19H,8-9,18H2,1-2H3. The lowest BCUT2D eigenvalue weighted by molar-refractivity contribution is 0.350. The van der Waals surface area contributed by atoms with Crippen molar-refractivity contribution in [3.05, 3.63) is 64.2 Å². The number of ether oxygens (including phenoxy) is 1. The SMILES string of the molecule is Cc1ccc(C)c(C(NN)c2cccc3c2OCC3)c1. The number of hydrogen-bond donors (Lipinski definition) is 2. The molecule has 0 fully saturated rings. The first-order chi connectivity index (χ1) is 9.70. The van der Waals surface area contributed by atoms with Gasteiger partial charge in [-0.15, -0.1) is 0 Å². The van der Waals surface area contributed by atoms with Gasteiger partial charge in [0.25, 0.3) is 0 Å². The number of nitrogens with one attached hydrogen (secondary N) is 1. The largest absolute Gasteiger partial charge is 0.493 e. The molecule has 20 heavy (non-hydrogen) atoms. The quantitative estimate of drug-likeness (QED) is 0.664. The van der Waals surface area contributed by atoms with E-state index < -0.39 is 0 Å². The van der Waals surface area contributed by atoms with E-state index in [4.69, 9.17) is 10.6 Å². The summed E-state index contributed by atoms with van der Waals surface area (Å²) < 4.78 is 5.81. The van der Waals surface area contributed by atoms with Gasteiger partial charge in [0.1, 0.15) is 5.75 Å². The molecule has 2 aromatic carbocycles. The Bertz CT molecular complexity index is 637. The van der Waals surface area contributed by atoms with Crippen molar-refractivity contribution < 1.29 is 4.74 Å². The fourth-order valence-electron chi connectivity index (χ4n) is 2.89. The van der Waals surface area contributed by atoms with Gasteiger partial charge >= 0.3 is 0 Å². The number of benzene rings is 2. The Labute approximate surface area is 119 Å². The second-order valence-electron chi connectivity index (χ2n) is 5.39. The van der Waals surface area contributed by atoms with Crippen molar-refractivity contribution in [2.24, 2.45) is 5.84 Å². The average Bonchev–Trinajstić information content (AvgIpc) is 2.92. The van der Waals surface area contributed by atoms with Gasteiger partial charge in [0.15, 0.2) is 0 Å². The van der Waals surface area contributed by atoms with Crippen LogP contribution < -0.4 is 16.0 Å². The molecule has 104 valence electrons. The Morgan fingerprint density at radius 2 is 2.00 bits per heavy atom. The van der Waals surface area contributed by atoms with Crippen molar-refractivity contribution >= 4 is 0 Å². The van der Waals surface area contributed by atoms with Crippen LogP contribution in [0.2, 0.25) is 0 Å². The summed E-state index contributed by atoms with van der Waals surface area (Å²) >= 11 is 0. The molecule has 1 heterocycles. The number of para-hydroxylation sites is 1. The summed E-state index contributed by atoms with van der Waals surface area (Å²) in [6, 6.07) is 12.7. The van der Waals surface area contributed by atoms with Crippen LogP contribution in [0, 0.1) is 13.8 Å². The van der Waals surface area contributed by atoms with E-state index in [1.165, 1.54) is 22.3 Å². The summed E-state index contributed by atoms with van der Waals surface area (Å²) in [6.45, 7) is 4.97. The molecule has 1 atom stereocenters. The van der Waals surface area contributed by atoms with Crippen LogP contribution in [-0.2, 0) is 6.42 Å². The van der Waals surface area contributed by atoms with Crippen molar-refractivity contribution in [3.63, 3.8) is 0 Å². The third kappa shape index (κ3) is 2.19. The summed E-state index contributed by atoms with van der Waals surface area (Å²) in [5.41, 5.74) is 9.02. The summed E-state index contributed by atoms with van der Waals surface area (Å²) in [6.07, 6.45) is 0.979. The molecule has 0 amide bonds. The summed E-state index contributed by atoms with van der Waals surface area (Å²) in [5, 5.41) is 0. The first kappa shape index (κ1) is 13.2. The highest BCUT2D eigenvalue weighted by Gasteiger charge is 2.23. The van der Waals surface area contributed by atoms with Crippen LogP contribution in [0.15, 0.2) is 36.4 Å². The number of nitrogens with two attached hydrogens (primary N) is 1. The first-order valence-electron chi connectivity index (χ1n) is 6.98. The molecule has 0 aliphatic carbocycles. The zero-order valence-electron chi connectivity index (χ0n) is 11.9. The number of aryl methyl sites for hydroxylation is 2. The molecular formula is C17H20N2O. The predicted octanol–water partition coefficient (Wildman–Crippen LogP) is 2.79. The van der Waals surface area contributed by atoms with E-state index >= 15 is 0 Å². The van der Waals surface area contributed by atoms with Crippen LogP contribution in [0.4, 0.5) is 0 Å². The first-order valence-corrected chi connectivity index (χ1v) is 6.98. The summed E-state index contributed by atoms with van der Waals surface area (Å²) in [4.78, 5) is 0. The fraction of sp³-hybridized carbons (Fsp3) is 0.294. The minimum atomic E-state index is -0.0389. The zero-order chi connectivity index (χ0) is 14.1. The average molecular weight is 268 g/mol. The lowest BCUT2D eigenvalue weighted by atomic mass is 9.92. The van der Waals surface area contributed by atoms with Gasteiger partial charge in [0.05, 0.1) is 12.6 Å². The van der Waals surface area contributed by atoms with Crippen LogP contribution in [0.5, 0.6) is 5.75 Å². The van der Waals surface area contributed by atoms with Crippen LogP contribution in [0.1, 0.15) is 33.9 Å². The predicted molar refractivity (Wildman–Crippen MR) is 80.7 cm³/mol. The van der Waals surface area contributed by atoms with Crippen LogP contribution in [0.3, 0.4) is 0 Å². The molecule has 0 saturated heterocycles. The van der Waals surface area contributed by atoms with Gasteiger partial charge in [0, 0.05) is 12.0 Å². The van der Waals surface area contributed by atoms with E-state index in [1.807, 2.05) is 0 Å². The highest BCUT2D eigenvalue weighted by atomic mass is 16.5.